The lowest BCUT2D eigenvalue weighted by Crippen LogP contribution is -2.29. The number of fused-ring (bicyclic) bond motifs is 1. The molecule has 0 aliphatic rings. The first-order valence-electron chi connectivity index (χ1n) is 9.79. The summed E-state index contributed by atoms with van der Waals surface area (Å²) in [6.45, 7) is 2.02. The normalized spacial score (nSPS) is 11.8. The molecule has 4 aromatic carbocycles. The number of hydrogen-bond donors (Lipinski definition) is 2. The molecule has 0 bridgehead atoms. The Morgan fingerprint density at radius 2 is 1.60 bits per heavy atom. The van der Waals surface area contributed by atoms with E-state index in [1.165, 1.54) is 0 Å². The van der Waals surface area contributed by atoms with Gasteiger partial charge in [-0.2, -0.15) is 0 Å². The minimum Gasteiger partial charge on any atom is -0.508 e. The third-order valence-electron chi connectivity index (χ3n) is 5.27. The molecule has 1 amide bonds. The largest absolute Gasteiger partial charge is 0.508 e. The Labute approximate surface area is 175 Å². The van der Waals surface area contributed by atoms with E-state index in [9.17, 15) is 9.90 Å². The lowest BCUT2D eigenvalue weighted by molar-refractivity contribution is 0.0943. The lowest BCUT2D eigenvalue weighted by Gasteiger charge is -2.23. The van der Waals surface area contributed by atoms with Crippen molar-refractivity contribution in [1.82, 2.24) is 5.32 Å². The molecule has 0 fully saturated rings. The van der Waals surface area contributed by atoms with Gasteiger partial charge in [-0.1, -0.05) is 60.2 Å². The molecule has 0 heterocycles. The lowest BCUT2D eigenvalue weighted by atomic mass is 9.92. The molecule has 0 spiro atoms. The molecule has 4 nitrogen and oxygen atoms in total. The molecule has 0 aliphatic carbocycles. The Morgan fingerprint density at radius 1 is 0.900 bits per heavy atom. The fourth-order valence-electron chi connectivity index (χ4n) is 3.63. The van der Waals surface area contributed by atoms with E-state index < -0.39 is 6.04 Å². The number of rotatable bonds is 5. The molecule has 0 radical (unpaired) electrons. The van der Waals surface area contributed by atoms with Crippen molar-refractivity contribution in [3.63, 3.8) is 0 Å². The third-order valence-corrected chi connectivity index (χ3v) is 5.27. The Kier molecular flexibility index (Phi) is 5.40. The van der Waals surface area contributed by atoms with Crippen LogP contribution < -0.4 is 10.1 Å². The van der Waals surface area contributed by atoms with Crippen molar-refractivity contribution >= 4 is 16.7 Å². The monoisotopic (exact) mass is 397 g/mol. The minimum atomic E-state index is -0.508. The van der Waals surface area contributed by atoms with Gasteiger partial charge in [0.2, 0.25) is 0 Å². The van der Waals surface area contributed by atoms with Crippen LogP contribution in [0.15, 0.2) is 84.9 Å². The maximum atomic E-state index is 13.1. The molecule has 1 atom stereocenters. The van der Waals surface area contributed by atoms with Crippen molar-refractivity contribution in [2.24, 2.45) is 0 Å². The maximum Gasteiger partial charge on any atom is 0.252 e. The third kappa shape index (κ3) is 3.85. The van der Waals surface area contributed by atoms with E-state index in [0.717, 1.165) is 21.9 Å². The molecule has 150 valence electrons. The fraction of sp³-hybridized carbons (Fsp3) is 0.115. The summed E-state index contributed by atoms with van der Waals surface area (Å²) in [5, 5.41) is 15.8. The predicted molar refractivity (Wildman–Crippen MR) is 119 cm³/mol. The summed E-state index contributed by atoms with van der Waals surface area (Å²) in [6, 6.07) is 25.8. The number of hydrogen-bond acceptors (Lipinski definition) is 3. The summed E-state index contributed by atoms with van der Waals surface area (Å²) in [4.78, 5) is 13.1. The van der Waals surface area contributed by atoms with Crippen molar-refractivity contribution in [3.8, 4) is 11.5 Å². The van der Waals surface area contributed by atoms with Crippen LogP contribution in [0, 0.1) is 6.92 Å². The second-order valence-corrected chi connectivity index (χ2v) is 7.27. The van der Waals surface area contributed by atoms with Gasteiger partial charge in [-0.25, -0.2) is 0 Å². The van der Waals surface area contributed by atoms with Crippen molar-refractivity contribution < 1.29 is 14.6 Å². The van der Waals surface area contributed by atoms with Gasteiger partial charge in [0.05, 0.1) is 13.2 Å². The molecule has 30 heavy (non-hydrogen) atoms. The molecule has 0 aromatic heterocycles. The molecule has 0 unspecified atom stereocenters. The number of aromatic hydroxyl groups is 1. The number of amides is 1. The summed E-state index contributed by atoms with van der Waals surface area (Å²) < 4.78 is 5.18. The molecular formula is C26H23NO3. The molecule has 4 heteroatoms. The summed E-state index contributed by atoms with van der Waals surface area (Å²) in [5.74, 6) is 0.609. The summed E-state index contributed by atoms with van der Waals surface area (Å²) in [6.07, 6.45) is 0. The van der Waals surface area contributed by atoms with Crippen LogP contribution in [0.4, 0.5) is 0 Å². The second-order valence-electron chi connectivity index (χ2n) is 7.27. The van der Waals surface area contributed by atoms with Crippen LogP contribution >= 0.6 is 0 Å². The quantitative estimate of drug-likeness (QED) is 0.475. The summed E-state index contributed by atoms with van der Waals surface area (Å²) in [7, 11) is 1.59. The van der Waals surface area contributed by atoms with Gasteiger partial charge in [-0.05, 0) is 53.6 Å². The van der Waals surface area contributed by atoms with Crippen LogP contribution in [0.1, 0.15) is 33.1 Å². The van der Waals surface area contributed by atoms with Crippen LogP contribution in [0.25, 0.3) is 10.8 Å². The van der Waals surface area contributed by atoms with E-state index in [4.69, 9.17) is 4.74 Å². The van der Waals surface area contributed by atoms with E-state index in [1.807, 2.05) is 61.5 Å². The first-order valence-corrected chi connectivity index (χ1v) is 9.79. The average Bonchev–Trinajstić information content (AvgIpc) is 2.78. The van der Waals surface area contributed by atoms with Crippen molar-refractivity contribution in [1.29, 1.82) is 0 Å². The Morgan fingerprint density at radius 3 is 2.30 bits per heavy atom. The van der Waals surface area contributed by atoms with Crippen LogP contribution in [-0.4, -0.2) is 18.1 Å². The van der Waals surface area contributed by atoms with Crippen LogP contribution in [-0.2, 0) is 0 Å². The number of carbonyl (C=O) groups is 1. The number of nitrogens with one attached hydrogen (secondary N) is 1. The van der Waals surface area contributed by atoms with Crippen molar-refractivity contribution in [3.05, 3.63) is 107 Å². The zero-order valence-electron chi connectivity index (χ0n) is 16.9. The van der Waals surface area contributed by atoms with E-state index in [1.54, 1.807) is 37.4 Å². The highest BCUT2D eigenvalue weighted by Crippen LogP contribution is 2.36. The smallest absolute Gasteiger partial charge is 0.252 e. The number of aryl methyl sites for hydroxylation is 1. The topological polar surface area (TPSA) is 58.6 Å². The number of benzene rings is 4. The van der Waals surface area contributed by atoms with Gasteiger partial charge in [-0.3, -0.25) is 4.79 Å². The van der Waals surface area contributed by atoms with Gasteiger partial charge in [0, 0.05) is 11.1 Å². The van der Waals surface area contributed by atoms with Gasteiger partial charge in [-0.15, -0.1) is 0 Å². The van der Waals surface area contributed by atoms with Gasteiger partial charge >= 0.3 is 0 Å². The van der Waals surface area contributed by atoms with E-state index in [2.05, 4.69) is 5.32 Å². The number of phenolic OH excluding ortho intramolecular Hbond substituents is 1. The zero-order chi connectivity index (χ0) is 21.1. The Hall–Kier alpha value is -3.79. The van der Waals surface area contributed by atoms with Gasteiger partial charge in [0.15, 0.2) is 0 Å². The van der Waals surface area contributed by atoms with Crippen LogP contribution in [0.2, 0.25) is 0 Å². The molecular weight excluding hydrogens is 374 g/mol. The van der Waals surface area contributed by atoms with Gasteiger partial charge < -0.3 is 15.2 Å². The van der Waals surface area contributed by atoms with Gasteiger partial charge in [0.25, 0.3) is 5.91 Å². The number of phenols is 1. The number of carbonyl (C=O) groups excluding carboxylic acids is 1. The summed E-state index contributed by atoms with van der Waals surface area (Å²) in [5.41, 5.74) is 3.22. The minimum absolute atomic E-state index is 0.148. The zero-order valence-corrected chi connectivity index (χ0v) is 16.9. The van der Waals surface area contributed by atoms with E-state index in [0.29, 0.717) is 16.9 Å². The van der Waals surface area contributed by atoms with E-state index >= 15 is 0 Å². The number of methoxy groups -OCH3 is 1. The average molecular weight is 397 g/mol. The van der Waals surface area contributed by atoms with Crippen molar-refractivity contribution in [2.75, 3.05) is 7.11 Å². The Balaban J connectivity index is 1.80. The van der Waals surface area contributed by atoms with Crippen LogP contribution in [0.5, 0.6) is 11.5 Å². The molecule has 4 aromatic rings. The molecule has 2 N–H and O–H groups in total. The molecule has 0 aliphatic heterocycles. The SMILES string of the molecule is COc1ccc(C(=O)N[C@@H](c2ccc(C)cc2)c2c(O)ccc3ccccc23)cc1. The first-order chi connectivity index (χ1) is 14.6. The second kappa shape index (κ2) is 8.29. The fourth-order valence-corrected chi connectivity index (χ4v) is 3.63. The highest BCUT2D eigenvalue weighted by Gasteiger charge is 2.23. The maximum absolute atomic E-state index is 13.1. The summed E-state index contributed by atoms with van der Waals surface area (Å²) >= 11 is 0. The Bertz CT molecular complexity index is 1180. The van der Waals surface area contributed by atoms with Crippen molar-refractivity contribution in [2.45, 2.75) is 13.0 Å². The van der Waals surface area contributed by atoms with Gasteiger partial charge in [0.1, 0.15) is 11.5 Å². The number of ether oxygens (including phenoxy) is 1. The van der Waals surface area contributed by atoms with Crippen LogP contribution in [0.3, 0.4) is 0 Å². The first kappa shape index (κ1) is 19.5. The highest BCUT2D eigenvalue weighted by molar-refractivity contribution is 5.96. The predicted octanol–water partition coefficient (Wildman–Crippen LogP) is 5.38. The van der Waals surface area contributed by atoms with E-state index in [-0.39, 0.29) is 11.7 Å². The molecule has 0 saturated heterocycles. The molecule has 4 rings (SSSR count). The highest BCUT2D eigenvalue weighted by atomic mass is 16.5. The standard InChI is InChI=1S/C26H23NO3/c1-17-7-9-19(10-8-17)25(27-26(29)20-11-14-21(30-2)15-12-20)24-22-6-4-3-5-18(22)13-16-23(24)28/h3-16,25,28H,1-2H3,(H,27,29)/t25-/m0/s1. The molecule has 0 saturated carbocycles.